The van der Waals surface area contributed by atoms with Crippen molar-refractivity contribution in [1.82, 2.24) is 0 Å². The Morgan fingerprint density at radius 3 is 2.25 bits per heavy atom. The topological polar surface area (TPSA) is 106 Å². The minimum Gasteiger partial charge on any atom is -0.480 e. The molecule has 0 aliphatic heterocycles. The highest BCUT2D eigenvalue weighted by Gasteiger charge is 2.21. The number of carboxylic acid groups (broad SMARTS) is 1. The Labute approximate surface area is 102 Å². The third kappa shape index (κ3) is 7.62. The van der Waals surface area contributed by atoms with E-state index in [1.165, 1.54) is 0 Å². The van der Waals surface area contributed by atoms with Crippen LogP contribution in [0.25, 0.3) is 0 Å². The van der Waals surface area contributed by atoms with E-state index in [2.05, 4.69) is 0 Å². The maximum Gasteiger partial charge on any atom is 0.320 e. The van der Waals surface area contributed by atoms with Gasteiger partial charge < -0.3 is 16.6 Å². The predicted molar refractivity (Wildman–Crippen MR) is 64.6 cm³/mol. The number of aliphatic carboxylic acids is 1. The molecule has 1 unspecified atom stereocenters. The number of carbonyl (C=O) groups is 2. The second-order valence-corrected chi connectivity index (χ2v) is 4.57. The number of Topliss-reactive ketones (excluding diaryl/α,β-unsaturated/α-hetero) is 1. The molecule has 0 rings (SSSR count). The summed E-state index contributed by atoms with van der Waals surface area (Å²) in [6.07, 6.45) is 0.765. The Balaban J connectivity index is 0. The van der Waals surface area contributed by atoms with Gasteiger partial charge >= 0.3 is 5.97 Å². The van der Waals surface area contributed by atoms with Crippen LogP contribution in [0.1, 0.15) is 33.1 Å². The van der Waals surface area contributed by atoms with Gasteiger partial charge in [0.05, 0.1) is 0 Å². The van der Waals surface area contributed by atoms with Crippen LogP contribution in [0.2, 0.25) is 0 Å². The summed E-state index contributed by atoms with van der Waals surface area (Å²) in [6.45, 7) is 4.24. The minimum absolute atomic E-state index is 0. The summed E-state index contributed by atoms with van der Waals surface area (Å²) in [6, 6.07) is -0.949. The van der Waals surface area contributed by atoms with E-state index in [0.717, 1.165) is 0 Å². The molecular formula is C10H21ClN2O3. The number of hydrogen-bond donors (Lipinski definition) is 3. The van der Waals surface area contributed by atoms with Gasteiger partial charge in [0.2, 0.25) is 0 Å². The van der Waals surface area contributed by atoms with Crippen LogP contribution in [0.5, 0.6) is 0 Å². The van der Waals surface area contributed by atoms with Crippen molar-refractivity contribution in [3.05, 3.63) is 0 Å². The molecule has 16 heavy (non-hydrogen) atoms. The molecule has 0 aromatic rings. The van der Waals surface area contributed by atoms with Crippen molar-refractivity contribution in [2.45, 2.75) is 39.2 Å². The Hall–Kier alpha value is -0.650. The van der Waals surface area contributed by atoms with E-state index < -0.39 is 12.0 Å². The SMILES string of the molecule is CC(C)(CN)CC(=O)CCC(N)C(=O)O.Cl. The van der Waals surface area contributed by atoms with Crippen LogP contribution in [0.3, 0.4) is 0 Å². The van der Waals surface area contributed by atoms with E-state index in [1.54, 1.807) is 0 Å². The Morgan fingerprint density at radius 1 is 1.38 bits per heavy atom. The fourth-order valence-electron chi connectivity index (χ4n) is 1.13. The van der Waals surface area contributed by atoms with Crippen molar-refractivity contribution in [3.63, 3.8) is 0 Å². The molecule has 0 fully saturated rings. The lowest BCUT2D eigenvalue weighted by molar-refractivity contribution is -0.138. The normalized spacial score (nSPS) is 12.8. The molecule has 5 N–H and O–H groups in total. The van der Waals surface area contributed by atoms with Crippen molar-refractivity contribution in [3.8, 4) is 0 Å². The van der Waals surface area contributed by atoms with Gasteiger partial charge in [0.15, 0.2) is 0 Å². The van der Waals surface area contributed by atoms with Crippen LogP contribution >= 0.6 is 12.4 Å². The number of halogens is 1. The van der Waals surface area contributed by atoms with Gasteiger partial charge in [-0.3, -0.25) is 9.59 Å². The molecule has 0 saturated heterocycles. The molecule has 1 atom stereocenters. The molecule has 0 amide bonds. The quantitative estimate of drug-likeness (QED) is 0.613. The number of rotatable bonds is 7. The monoisotopic (exact) mass is 252 g/mol. The highest BCUT2D eigenvalue weighted by Crippen LogP contribution is 2.19. The number of carbonyl (C=O) groups excluding carboxylic acids is 1. The molecule has 0 heterocycles. The molecule has 0 aromatic carbocycles. The molecule has 0 spiro atoms. The zero-order chi connectivity index (χ0) is 12.1. The van der Waals surface area contributed by atoms with Gasteiger partial charge in [-0.05, 0) is 18.4 Å². The first-order chi connectivity index (χ1) is 6.78. The fraction of sp³-hybridized carbons (Fsp3) is 0.800. The first kappa shape index (κ1) is 17.7. The molecule has 5 nitrogen and oxygen atoms in total. The predicted octanol–water partition coefficient (Wildman–Crippen LogP) is 0.544. The molecule has 0 aliphatic rings. The second kappa shape index (κ2) is 7.60. The smallest absolute Gasteiger partial charge is 0.320 e. The number of nitrogens with two attached hydrogens (primary N) is 2. The molecule has 0 aromatic heterocycles. The summed E-state index contributed by atoms with van der Waals surface area (Å²) < 4.78 is 0. The standard InChI is InChI=1S/C10H20N2O3.ClH/c1-10(2,6-11)5-7(13)3-4-8(12)9(14)15;/h8H,3-6,11-12H2,1-2H3,(H,14,15);1H. The summed E-state index contributed by atoms with van der Waals surface area (Å²) in [5.41, 5.74) is 10.6. The molecule has 0 bridgehead atoms. The lowest BCUT2D eigenvalue weighted by Gasteiger charge is -2.21. The highest BCUT2D eigenvalue weighted by molar-refractivity contribution is 5.85. The van der Waals surface area contributed by atoms with Crippen LogP contribution in [0.4, 0.5) is 0 Å². The maximum atomic E-state index is 11.4. The largest absolute Gasteiger partial charge is 0.480 e. The lowest BCUT2D eigenvalue weighted by Crippen LogP contribution is -2.31. The van der Waals surface area contributed by atoms with Gasteiger partial charge in [-0.1, -0.05) is 13.8 Å². The Kier molecular flexibility index (Phi) is 8.42. The van der Waals surface area contributed by atoms with Crippen molar-refractivity contribution in [2.75, 3.05) is 6.54 Å². The first-order valence-electron chi connectivity index (χ1n) is 4.98. The summed E-state index contributed by atoms with van der Waals surface area (Å²) in [7, 11) is 0. The van der Waals surface area contributed by atoms with Gasteiger partial charge in [-0.25, -0.2) is 0 Å². The summed E-state index contributed by atoms with van der Waals surface area (Å²) in [4.78, 5) is 21.8. The summed E-state index contributed by atoms with van der Waals surface area (Å²) in [5.74, 6) is -1.05. The Bertz CT molecular complexity index is 244. The lowest BCUT2D eigenvalue weighted by atomic mass is 9.86. The molecule has 96 valence electrons. The fourth-order valence-corrected chi connectivity index (χ4v) is 1.13. The van der Waals surface area contributed by atoms with Gasteiger partial charge in [0.1, 0.15) is 11.8 Å². The third-order valence-electron chi connectivity index (χ3n) is 2.28. The summed E-state index contributed by atoms with van der Waals surface area (Å²) in [5, 5.41) is 8.52. The van der Waals surface area contributed by atoms with Crippen molar-refractivity contribution in [2.24, 2.45) is 16.9 Å². The number of hydrogen-bond acceptors (Lipinski definition) is 4. The van der Waals surface area contributed by atoms with Crippen molar-refractivity contribution < 1.29 is 14.7 Å². The minimum atomic E-state index is -1.07. The zero-order valence-electron chi connectivity index (χ0n) is 9.73. The third-order valence-corrected chi connectivity index (χ3v) is 2.28. The van der Waals surface area contributed by atoms with E-state index in [0.29, 0.717) is 13.0 Å². The van der Waals surface area contributed by atoms with Crippen LogP contribution in [0, 0.1) is 5.41 Å². The van der Waals surface area contributed by atoms with Crippen LogP contribution < -0.4 is 11.5 Å². The van der Waals surface area contributed by atoms with Gasteiger partial charge in [-0.2, -0.15) is 0 Å². The van der Waals surface area contributed by atoms with E-state index >= 15 is 0 Å². The van der Waals surface area contributed by atoms with E-state index in [9.17, 15) is 9.59 Å². The molecular weight excluding hydrogens is 232 g/mol. The molecule has 0 saturated carbocycles. The van der Waals surface area contributed by atoms with E-state index in [-0.39, 0.29) is 36.4 Å². The average Bonchev–Trinajstić information content (AvgIpc) is 2.13. The number of carboxylic acids is 1. The second-order valence-electron chi connectivity index (χ2n) is 4.57. The van der Waals surface area contributed by atoms with Gasteiger partial charge in [0.25, 0.3) is 0 Å². The zero-order valence-corrected chi connectivity index (χ0v) is 10.5. The van der Waals surface area contributed by atoms with Gasteiger partial charge in [0, 0.05) is 12.8 Å². The summed E-state index contributed by atoms with van der Waals surface area (Å²) >= 11 is 0. The average molecular weight is 253 g/mol. The Morgan fingerprint density at radius 2 is 1.88 bits per heavy atom. The number of ketones is 1. The van der Waals surface area contributed by atoms with E-state index in [1.807, 2.05) is 13.8 Å². The molecule has 0 aliphatic carbocycles. The van der Waals surface area contributed by atoms with Gasteiger partial charge in [-0.15, -0.1) is 12.4 Å². The van der Waals surface area contributed by atoms with Crippen molar-refractivity contribution in [1.29, 1.82) is 0 Å². The van der Waals surface area contributed by atoms with Crippen LogP contribution in [-0.2, 0) is 9.59 Å². The highest BCUT2D eigenvalue weighted by atomic mass is 35.5. The molecule has 0 radical (unpaired) electrons. The van der Waals surface area contributed by atoms with Crippen LogP contribution in [0.15, 0.2) is 0 Å². The molecule has 6 heteroatoms. The van der Waals surface area contributed by atoms with Crippen LogP contribution in [-0.4, -0.2) is 29.4 Å². The van der Waals surface area contributed by atoms with E-state index in [4.69, 9.17) is 16.6 Å². The maximum absolute atomic E-state index is 11.4. The first-order valence-corrected chi connectivity index (χ1v) is 4.98. The van der Waals surface area contributed by atoms with Crippen molar-refractivity contribution >= 4 is 24.2 Å².